The third-order valence-corrected chi connectivity index (χ3v) is 3.37. The molecule has 0 bridgehead atoms. The summed E-state index contributed by atoms with van der Waals surface area (Å²) in [5.74, 6) is 6.59. The SMILES string of the molecule is C(#Cc1ccccc1-c1ccccc1)Cc1ccccc1. The molecule has 0 fully saturated rings. The Labute approximate surface area is 126 Å². The van der Waals surface area contributed by atoms with Crippen molar-refractivity contribution in [3.63, 3.8) is 0 Å². The van der Waals surface area contributed by atoms with E-state index in [9.17, 15) is 0 Å². The predicted octanol–water partition coefficient (Wildman–Crippen LogP) is 4.95. The molecule has 0 spiro atoms. The second-order valence-electron chi connectivity index (χ2n) is 4.88. The minimum atomic E-state index is 0.782. The molecule has 0 saturated heterocycles. The smallest absolute Gasteiger partial charge is 0.0344 e. The van der Waals surface area contributed by atoms with Crippen molar-refractivity contribution in [2.45, 2.75) is 6.42 Å². The second-order valence-corrected chi connectivity index (χ2v) is 4.88. The van der Waals surface area contributed by atoms with Gasteiger partial charge in [0.2, 0.25) is 0 Å². The van der Waals surface area contributed by atoms with E-state index in [1.54, 1.807) is 0 Å². The summed E-state index contributed by atoms with van der Waals surface area (Å²) in [6, 6.07) is 29.1. The van der Waals surface area contributed by atoms with Crippen molar-refractivity contribution in [2.24, 2.45) is 0 Å². The highest BCUT2D eigenvalue weighted by molar-refractivity contribution is 5.70. The maximum atomic E-state index is 3.31. The summed E-state index contributed by atoms with van der Waals surface area (Å²) in [4.78, 5) is 0. The van der Waals surface area contributed by atoms with Crippen molar-refractivity contribution in [1.82, 2.24) is 0 Å². The summed E-state index contributed by atoms with van der Waals surface area (Å²) in [6.45, 7) is 0. The number of rotatable bonds is 2. The molecule has 0 aliphatic carbocycles. The summed E-state index contributed by atoms with van der Waals surface area (Å²) >= 11 is 0. The fourth-order valence-electron chi connectivity index (χ4n) is 2.30. The first-order chi connectivity index (χ1) is 10.4. The van der Waals surface area contributed by atoms with Gasteiger partial charge in [-0.2, -0.15) is 0 Å². The van der Waals surface area contributed by atoms with Crippen LogP contribution in [0.15, 0.2) is 84.9 Å². The standard InChI is InChI=1S/C21H16/c1-3-10-18(11-4-1)12-9-16-20-15-7-8-17-21(20)19-13-5-2-6-14-19/h1-8,10-11,13-15,17H,12H2. The molecular formula is C21H16. The molecule has 0 radical (unpaired) electrons. The van der Waals surface area contributed by atoms with Gasteiger partial charge in [-0.15, -0.1) is 0 Å². The van der Waals surface area contributed by atoms with E-state index in [-0.39, 0.29) is 0 Å². The summed E-state index contributed by atoms with van der Waals surface area (Å²) in [7, 11) is 0. The van der Waals surface area contributed by atoms with E-state index in [4.69, 9.17) is 0 Å². The fourth-order valence-corrected chi connectivity index (χ4v) is 2.30. The highest BCUT2D eigenvalue weighted by Gasteiger charge is 2.00. The van der Waals surface area contributed by atoms with Crippen molar-refractivity contribution in [1.29, 1.82) is 0 Å². The summed E-state index contributed by atoms with van der Waals surface area (Å²) < 4.78 is 0. The van der Waals surface area contributed by atoms with Gasteiger partial charge in [0.15, 0.2) is 0 Å². The van der Waals surface area contributed by atoms with Crippen LogP contribution in [0.25, 0.3) is 11.1 Å². The second kappa shape index (κ2) is 6.59. The molecule has 0 heterocycles. The van der Waals surface area contributed by atoms with Gasteiger partial charge in [0, 0.05) is 12.0 Å². The van der Waals surface area contributed by atoms with E-state index in [1.165, 1.54) is 16.7 Å². The average molecular weight is 268 g/mol. The monoisotopic (exact) mass is 268 g/mol. The molecule has 0 aliphatic heterocycles. The Bertz CT molecular complexity index is 759. The summed E-state index contributed by atoms with van der Waals surface area (Å²) in [5.41, 5.74) is 4.74. The lowest BCUT2D eigenvalue weighted by Gasteiger charge is -2.04. The normalized spacial score (nSPS) is 9.71. The highest BCUT2D eigenvalue weighted by Crippen LogP contribution is 2.22. The molecule has 0 heteroatoms. The quantitative estimate of drug-likeness (QED) is 0.577. The third-order valence-electron chi connectivity index (χ3n) is 3.37. The van der Waals surface area contributed by atoms with Crippen LogP contribution >= 0.6 is 0 Å². The molecule has 0 amide bonds. The molecule has 21 heavy (non-hydrogen) atoms. The van der Waals surface area contributed by atoms with Gasteiger partial charge in [0.25, 0.3) is 0 Å². The zero-order chi connectivity index (χ0) is 14.3. The maximum Gasteiger partial charge on any atom is 0.0344 e. The fraction of sp³-hybridized carbons (Fsp3) is 0.0476. The molecule has 3 aromatic rings. The van der Waals surface area contributed by atoms with Gasteiger partial charge >= 0.3 is 0 Å². The van der Waals surface area contributed by atoms with Crippen molar-refractivity contribution in [2.75, 3.05) is 0 Å². The van der Waals surface area contributed by atoms with E-state index in [1.807, 2.05) is 18.2 Å². The van der Waals surface area contributed by atoms with Crippen molar-refractivity contribution in [3.8, 4) is 23.0 Å². The molecule has 0 N–H and O–H groups in total. The maximum absolute atomic E-state index is 3.31. The van der Waals surface area contributed by atoms with Crippen LogP contribution in [0.1, 0.15) is 11.1 Å². The van der Waals surface area contributed by atoms with Gasteiger partial charge in [-0.3, -0.25) is 0 Å². The first-order valence-corrected chi connectivity index (χ1v) is 7.11. The Hall–Kier alpha value is -2.78. The molecule has 0 aliphatic rings. The first-order valence-electron chi connectivity index (χ1n) is 7.11. The van der Waals surface area contributed by atoms with E-state index < -0.39 is 0 Å². The van der Waals surface area contributed by atoms with Crippen LogP contribution in [-0.4, -0.2) is 0 Å². The molecule has 0 atom stereocenters. The van der Waals surface area contributed by atoms with Gasteiger partial charge in [-0.05, 0) is 22.8 Å². The van der Waals surface area contributed by atoms with Crippen LogP contribution in [-0.2, 0) is 6.42 Å². The Morgan fingerprint density at radius 2 is 1.24 bits per heavy atom. The van der Waals surface area contributed by atoms with Crippen LogP contribution < -0.4 is 0 Å². The van der Waals surface area contributed by atoms with Crippen LogP contribution in [0.3, 0.4) is 0 Å². The van der Waals surface area contributed by atoms with Gasteiger partial charge in [-0.1, -0.05) is 90.7 Å². The van der Waals surface area contributed by atoms with Gasteiger partial charge in [0.1, 0.15) is 0 Å². The molecule has 0 saturated carbocycles. The van der Waals surface area contributed by atoms with Gasteiger partial charge in [-0.25, -0.2) is 0 Å². The van der Waals surface area contributed by atoms with E-state index in [0.717, 1.165) is 12.0 Å². The average Bonchev–Trinajstić information content (AvgIpc) is 2.57. The zero-order valence-corrected chi connectivity index (χ0v) is 11.8. The van der Waals surface area contributed by atoms with Crippen LogP contribution in [0.5, 0.6) is 0 Å². The van der Waals surface area contributed by atoms with Crippen LogP contribution in [0, 0.1) is 11.8 Å². The Kier molecular flexibility index (Phi) is 4.15. The lowest BCUT2D eigenvalue weighted by Crippen LogP contribution is -1.84. The Morgan fingerprint density at radius 3 is 2.00 bits per heavy atom. The number of hydrogen-bond acceptors (Lipinski definition) is 0. The van der Waals surface area contributed by atoms with Crippen LogP contribution in [0.2, 0.25) is 0 Å². The first kappa shape index (κ1) is 13.2. The van der Waals surface area contributed by atoms with E-state index >= 15 is 0 Å². The predicted molar refractivity (Wildman–Crippen MR) is 88.9 cm³/mol. The van der Waals surface area contributed by atoms with Gasteiger partial charge < -0.3 is 0 Å². The lowest BCUT2D eigenvalue weighted by molar-refractivity contribution is 1.32. The highest BCUT2D eigenvalue weighted by atomic mass is 14.0. The molecule has 0 nitrogen and oxygen atoms in total. The minimum absolute atomic E-state index is 0.782. The van der Waals surface area contributed by atoms with Crippen LogP contribution in [0.4, 0.5) is 0 Å². The molecule has 3 rings (SSSR count). The third kappa shape index (κ3) is 3.41. The van der Waals surface area contributed by atoms with E-state index in [0.29, 0.717) is 0 Å². The van der Waals surface area contributed by atoms with Crippen molar-refractivity contribution >= 4 is 0 Å². The minimum Gasteiger partial charge on any atom is -0.0931 e. The number of benzene rings is 3. The van der Waals surface area contributed by atoms with Gasteiger partial charge in [0.05, 0.1) is 0 Å². The Balaban J connectivity index is 1.87. The molecule has 0 aromatic heterocycles. The zero-order valence-electron chi connectivity index (χ0n) is 11.8. The summed E-state index contributed by atoms with van der Waals surface area (Å²) in [6.07, 6.45) is 0.782. The van der Waals surface area contributed by atoms with Crippen molar-refractivity contribution in [3.05, 3.63) is 96.1 Å². The van der Waals surface area contributed by atoms with E-state index in [2.05, 4.69) is 78.6 Å². The largest absolute Gasteiger partial charge is 0.0931 e. The molecule has 0 unspecified atom stereocenters. The molecule has 3 aromatic carbocycles. The number of hydrogen-bond donors (Lipinski definition) is 0. The topological polar surface area (TPSA) is 0 Å². The lowest BCUT2D eigenvalue weighted by atomic mass is 10.00. The Morgan fingerprint density at radius 1 is 0.619 bits per heavy atom. The molecular weight excluding hydrogens is 252 g/mol. The molecule has 100 valence electrons. The summed E-state index contributed by atoms with van der Waals surface area (Å²) in [5, 5.41) is 0. The van der Waals surface area contributed by atoms with Crippen molar-refractivity contribution < 1.29 is 0 Å².